The molecule has 4 atom stereocenters. The van der Waals surface area contributed by atoms with Gasteiger partial charge in [0.05, 0.1) is 0 Å². The molecule has 3 rings (SSSR count). The summed E-state index contributed by atoms with van der Waals surface area (Å²) in [6.07, 6.45) is 6.67. The van der Waals surface area contributed by atoms with E-state index in [1.807, 2.05) is 0 Å². The van der Waals surface area contributed by atoms with Gasteiger partial charge in [-0.15, -0.1) is 0 Å². The smallest absolute Gasteiger partial charge is 0.142 e. The highest BCUT2D eigenvalue weighted by atomic mass is 16.1. The zero-order valence-electron chi connectivity index (χ0n) is 9.25. The van der Waals surface area contributed by atoms with Crippen molar-refractivity contribution in [3.8, 4) is 0 Å². The highest BCUT2D eigenvalue weighted by Gasteiger charge is 2.56. The van der Waals surface area contributed by atoms with Gasteiger partial charge in [-0.2, -0.15) is 0 Å². The van der Waals surface area contributed by atoms with Crippen LogP contribution >= 0.6 is 0 Å². The summed E-state index contributed by atoms with van der Waals surface area (Å²) in [5, 5.41) is 0. The van der Waals surface area contributed by atoms with Gasteiger partial charge < -0.3 is 0 Å². The zero-order chi connectivity index (χ0) is 9.92. The van der Waals surface area contributed by atoms with Crippen LogP contribution in [0, 0.1) is 29.1 Å². The second-order valence-electron chi connectivity index (χ2n) is 6.33. The van der Waals surface area contributed by atoms with E-state index in [1.54, 1.807) is 0 Å². The molecule has 0 bridgehead atoms. The van der Waals surface area contributed by atoms with Gasteiger partial charge in [-0.1, -0.05) is 26.7 Å². The molecule has 0 heterocycles. The van der Waals surface area contributed by atoms with Crippen LogP contribution in [0.15, 0.2) is 0 Å². The number of Topliss-reactive ketones (excluding diaryl/α,β-unsaturated/α-hetero) is 1. The molecule has 3 aliphatic rings. The molecule has 0 amide bonds. The molecule has 0 aromatic carbocycles. The van der Waals surface area contributed by atoms with Crippen molar-refractivity contribution in [2.75, 3.05) is 0 Å². The maximum atomic E-state index is 12.3. The van der Waals surface area contributed by atoms with Gasteiger partial charge in [-0.25, -0.2) is 0 Å². The lowest BCUT2D eigenvalue weighted by atomic mass is 9.82. The molecule has 2 unspecified atom stereocenters. The topological polar surface area (TPSA) is 17.1 Å². The van der Waals surface area contributed by atoms with E-state index in [1.165, 1.54) is 32.1 Å². The Morgan fingerprint density at radius 2 is 2.00 bits per heavy atom. The fourth-order valence-corrected chi connectivity index (χ4v) is 4.54. The molecule has 1 nitrogen and oxygen atoms in total. The summed E-state index contributed by atoms with van der Waals surface area (Å²) < 4.78 is 0. The predicted molar refractivity (Wildman–Crippen MR) is 55.8 cm³/mol. The molecule has 0 saturated heterocycles. The van der Waals surface area contributed by atoms with E-state index in [4.69, 9.17) is 0 Å². The fraction of sp³-hybridized carbons (Fsp3) is 0.923. The Labute approximate surface area is 86.3 Å². The normalized spacial score (nSPS) is 49.4. The lowest BCUT2D eigenvalue weighted by Gasteiger charge is -2.20. The van der Waals surface area contributed by atoms with Crippen LogP contribution in [-0.2, 0) is 4.79 Å². The van der Waals surface area contributed by atoms with Gasteiger partial charge in [0.15, 0.2) is 0 Å². The first kappa shape index (κ1) is 8.94. The highest BCUT2D eigenvalue weighted by Crippen LogP contribution is 2.59. The minimum absolute atomic E-state index is 0.00287. The summed E-state index contributed by atoms with van der Waals surface area (Å²) in [5.41, 5.74) is 0.00287. The van der Waals surface area contributed by atoms with E-state index in [9.17, 15) is 4.79 Å². The van der Waals surface area contributed by atoms with Crippen LogP contribution in [0.4, 0.5) is 0 Å². The molecule has 0 aromatic rings. The summed E-state index contributed by atoms with van der Waals surface area (Å²) in [4.78, 5) is 12.3. The Morgan fingerprint density at radius 3 is 2.79 bits per heavy atom. The van der Waals surface area contributed by atoms with Gasteiger partial charge in [0.1, 0.15) is 5.78 Å². The van der Waals surface area contributed by atoms with Crippen molar-refractivity contribution in [3.63, 3.8) is 0 Å². The molecule has 3 saturated carbocycles. The molecule has 3 aliphatic carbocycles. The predicted octanol–water partition coefficient (Wildman–Crippen LogP) is 3.04. The second-order valence-corrected chi connectivity index (χ2v) is 6.33. The first-order chi connectivity index (χ1) is 6.59. The monoisotopic (exact) mass is 192 g/mol. The van der Waals surface area contributed by atoms with Gasteiger partial charge in [0.25, 0.3) is 0 Å². The summed E-state index contributed by atoms with van der Waals surface area (Å²) in [7, 11) is 0. The number of ketones is 1. The quantitative estimate of drug-likeness (QED) is 0.576. The van der Waals surface area contributed by atoms with Crippen molar-refractivity contribution < 1.29 is 4.79 Å². The molecule has 0 N–H and O–H groups in total. The molecule has 3 fully saturated rings. The number of carbonyl (C=O) groups is 1. The first-order valence-corrected chi connectivity index (χ1v) is 6.14. The molecular formula is C13H20O. The fourth-order valence-electron chi connectivity index (χ4n) is 4.54. The van der Waals surface area contributed by atoms with Gasteiger partial charge in [0, 0.05) is 11.3 Å². The lowest BCUT2D eigenvalue weighted by molar-refractivity contribution is -0.128. The van der Waals surface area contributed by atoms with E-state index >= 15 is 0 Å². The third-order valence-corrected chi connectivity index (χ3v) is 5.03. The first-order valence-electron chi connectivity index (χ1n) is 6.14. The van der Waals surface area contributed by atoms with Gasteiger partial charge in [0.2, 0.25) is 0 Å². The standard InChI is InChI=1S/C13H20O/c1-13(2)7-9-6-8-4-3-5-10(8)11(9)12(13)14/h8-11H,3-7H2,1-2H3/t8?,9-,10?,11+/m0/s1. The highest BCUT2D eigenvalue weighted by molar-refractivity contribution is 5.89. The summed E-state index contributed by atoms with van der Waals surface area (Å²) in [6.45, 7) is 4.30. The van der Waals surface area contributed by atoms with Crippen LogP contribution in [0.25, 0.3) is 0 Å². The Kier molecular flexibility index (Phi) is 1.67. The largest absolute Gasteiger partial charge is 0.299 e. The maximum absolute atomic E-state index is 12.3. The van der Waals surface area contributed by atoms with E-state index in [2.05, 4.69) is 13.8 Å². The second kappa shape index (κ2) is 2.62. The van der Waals surface area contributed by atoms with Crippen molar-refractivity contribution in [1.82, 2.24) is 0 Å². The molecule has 0 radical (unpaired) electrons. The maximum Gasteiger partial charge on any atom is 0.142 e. The van der Waals surface area contributed by atoms with Crippen LogP contribution in [0.2, 0.25) is 0 Å². The van der Waals surface area contributed by atoms with E-state index in [0.29, 0.717) is 11.7 Å². The van der Waals surface area contributed by atoms with Crippen molar-refractivity contribution in [2.45, 2.75) is 46.0 Å². The Bertz CT molecular complexity index is 279. The molecule has 0 spiro atoms. The van der Waals surface area contributed by atoms with Crippen LogP contribution < -0.4 is 0 Å². The van der Waals surface area contributed by atoms with Crippen LogP contribution in [0.3, 0.4) is 0 Å². The minimum atomic E-state index is 0.00287. The Balaban J connectivity index is 1.91. The number of hydrogen-bond donors (Lipinski definition) is 0. The number of fused-ring (bicyclic) bond motifs is 3. The molecule has 78 valence electrons. The lowest BCUT2D eigenvalue weighted by Crippen LogP contribution is -2.26. The molecule has 0 aliphatic heterocycles. The van der Waals surface area contributed by atoms with Crippen molar-refractivity contribution >= 4 is 5.78 Å². The number of rotatable bonds is 0. The van der Waals surface area contributed by atoms with Gasteiger partial charge in [-0.05, 0) is 37.0 Å². The van der Waals surface area contributed by atoms with Crippen molar-refractivity contribution in [3.05, 3.63) is 0 Å². The van der Waals surface area contributed by atoms with E-state index < -0.39 is 0 Å². The van der Waals surface area contributed by atoms with Crippen LogP contribution in [0.1, 0.15) is 46.0 Å². The average molecular weight is 192 g/mol. The van der Waals surface area contributed by atoms with Crippen LogP contribution in [-0.4, -0.2) is 5.78 Å². The summed E-state index contributed by atoms with van der Waals surface area (Å²) >= 11 is 0. The third-order valence-electron chi connectivity index (χ3n) is 5.03. The third kappa shape index (κ3) is 0.988. The molecule has 1 heteroatoms. The summed E-state index contributed by atoms with van der Waals surface area (Å²) in [6, 6.07) is 0. The number of carbonyl (C=O) groups excluding carboxylic acids is 1. The minimum Gasteiger partial charge on any atom is -0.299 e. The van der Waals surface area contributed by atoms with Crippen molar-refractivity contribution in [2.24, 2.45) is 29.1 Å². The van der Waals surface area contributed by atoms with E-state index in [-0.39, 0.29) is 5.41 Å². The molecule has 14 heavy (non-hydrogen) atoms. The SMILES string of the molecule is CC1(C)C[C@@H]2CC3CCCC3[C@@H]2C1=O. The van der Waals surface area contributed by atoms with Gasteiger partial charge >= 0.3 is 0 Å². The molecule has 0 aromatic heterocycles. The molecular weight excluding hydrogens is 172 g/mol. The Morgan fingerprint density at radius 1 is 1.21 bits per heavy atom. The summed E-state index contributed by atoms with van der Waals surface area (Å²) in [5.74, 6) is 3.53. The number of hydrogen-bond acceptors (Lipinski definition) is 1. The zero-order valence-corrected chi connectivity index (χ0v) is 9.25. The Hall–Kier alpha value is -0.330. The van der Waals surface area contributed by atoms with Gasteiger partial charge in [-0.3, -0.25) is 4.79 Å². The van der Waals surface area contributed by atoms with Crippen LogP contribution in [0.5, 0.6) is 0 Å². The van der Waals surface area contributed by atoms with Crippen molar-refractivity contribution in [1.29, 1.82) is 0 Å². The van der Waals surface area contributed by atoms with E-state index in [0.717, 1.165) is 17.8 Å². The average Bonchev–Trinajstić information content (AvgIpc) is 2.65.